The van der Waals surface area contributed by atoms with Crippen LogP contribution in [-0.4, -0.2) is 48.8 Å². The van der Waals surface area contributed by atoms with E-state index in [9.17, 15) is 19.5 Å². The van der Waals surface area contributed by atoms with E-state index in [1.54, 1.807) is 0 Å². The second-order valence-electron chi connectivity index (χ2n) is 7.57. The predicted molar refractivity (Wildman–Crippen MR) is 112 cm³/mol. The summed E-state index contributed by atoms with van der Waals surface area (Å²) >= 11 is 0. The molecule has 2 N–H and O–H groups in total. The van der Waals surface area contributed by atoms with Crippen molar-refractivity contribution in [1.82, 2.24) is 5.32 Å². The lowest BCUT2D eigenvalue weighted by molar-refractivity contribution is -0.152. The Kier molecular flexibility index (Phi) is 18.6. The van der Waals surface area contributed by atoms with Gasteiger partial charge in [-0.3, -0.25) is 14.4 Å². The predicted octanol–water partition coefficient (Wildman–Crippen LogP) is 3.66. The molecular weight excluding hydrogens is 374 g/mol. The highest BCUT2D eigenvalue weighted by Gasteiger charge is 2.12. The van der Waals surface area contributed by atoms with Crippen molar-refractivity contribution >= 4 is 17.8 Å². The molecule has 0 aromatic rings. The van der Waals surface area contributed by atoms with Crippen LogP contribution in [0.25, 0.3) is 0 Å². The Labute approximate surface area is 175 Å². The van der Waals surface area contributed by atoms with Crippen molar-refractivity contribution in [2.75, 3.05) is 19.8 Å². The molecule has 0 saturated heterocycles. The van der Waals surface area contributed by atoms with Gasteiger partial charge < -0.3 is 19.9 Å². The normalized spacial score (nSPS) is 11.7. The number of hydrogen-bond acceptors (Lipinski definition) is 6. The lowest BCUT2D eigenvalue weighted by atomic mass is 10.0. The van der Waals surface area contributed by atoms with Gasteiger partial charge in [-0.2, -0.15) is 0 Å². The Hall–Kier alpha value is -1.63. The van der Waals surface area contributed by atoms with E-state index in [2.05, 4.69) is 12.2 Å². The standard InChI is InChI=1S/C22H41NO6/c1-3-4-5-6-7-8-9-10-11-12-13-14-15-21(26)28-17-20(25)18-29-22(27)16-23-19(2)24/h20,25H,3-18H2,1-2H3,(H,23,24). The van der Waals surface area contributed by atoms with Crippen LogP contribution >= 0.6 is 0 Å². The Morgan fingerprint density at radius 3 is 1.69 bits per heavy atom. The second kappa shape index (κ2) is 19.7. The summed E-state index contributed by atoms with van der Waals surface area (Å²) in [7, 11) is 0. The van der Waals surface area contributed by atoms with E-state index >= 15 is 0 Å². The largest absolute Gasteiger partial charge is 0.463 e. The summed E-state index contributed by atoms with van der Waals surface area (Å²) in [5.74, 6) is -1.34. The van der Waals surface area contributed by atoms with Crippen LogP contribution in [0.4, 0.5) is 0 Å². The Morgan fingerprint density at radius 1 is 0.759 bits per heavy atom. The Bertz CT molecular complexity index is 441. The summed E-state index contributed by atoms with van der Waals surface area (Å²) in [5.41, 5.74) is 0. The molecule has 170 valence electrons. The maximum absolute atomic E-state index is 11.7. The third-order valence-corrected chi connectivity index (χ3v) is 4.59. The first-order chi connectivity index (χ1) is 14.0. The quantitative estimate of drug-likeness (QED) is 0.247. The molecule has 7 nitrogen and oxygen atoms in total. The number of unbranched alkanes of at least 4 members (excludes halogenated alkanes) is 11. The molecule has 0 saturated carbocycles. The van der Waals surface area contributed by atoms with Crippen molar-refractivity contribution in [2.24, 2.45) is 0 Å². The maximum atomic E-state index is 11.7. The SMILES string of the molecule is CCCCCCCCCCCCCCC(=O)OCC(O)COC(=O)CNC(C)=O. The summed E-state index contributed by atoms with van der Waals surface area (Å²) in [5, 5.41) is 12.0. The summed E-state index contributed by atoms with van der Waals surface area (Å²) < 4.78 is 9.75. The molecule has 0 spiro atoms. The van der Waals surface area contributed by atoms with Gasteiger partial charge in [0.2, 0.25) is 5.91 Å². The molecule has 0 aromatic carbocycles. The van der Waals surface area contributed by atoms with E-state index in [-0.39, 0.29) is 31.6 Å². The fraction of sp³-hybridized carbons (Fsp3) is 0.864. The van der Waals surface area contributed by atoms with Crippen LogP contribution < -0.4 is 5.32 Å². The minimum atomic E-state index is -1.07. The van der Waals surface area contributed by atoms with E-state index in [0.717, 1.165) is 19.3 Å². The topological polar surface area (TPSA) is 102 Å². The van der Waals surface area contributed by atoms with Gasteiger partial charge in [-0.15, -0.1) is 0 Å². The average molecular weight is 416 g/mol. The van der Waals surface area contributed by atoms with E-state index in [1.807, 2.05) is 0 Å². The average Bonchev–Trinajstić information content (AvgIpc) is 2.69. The molecule has 0 heterocycles. The van der Waals surface area contributed by atoms with Crippen LogP contribution in [0.15, 0.2) is 0 Å². The number of amides is 1. The summed E-state index contributed by atoms with van der Waals surface area (Å²) in [6.07, 6.45) is 14.1. The van der Waals surface area contributed by atoms with Gasteiger partial charge in [0.25, 0.3) is 0 Å². The fourth-order valence-electron chi connectivity index (χ4n) is 2.86. The molecule has 0 radical (unpaired) electrons. The first-order valence-corrected chi connectivity index (χ1v) is 11.2. The van der Waals surface area contributed by atoms with Crippen molar-refractivity contribution < 1.29 is 29.0 Å². The summed E-state index contributed by atoms with van der Waals surface area (Å²) in [6.45, 7) is 2.80. The molecule has 1 amide bonds. The molecule has 0 aliphatic heterocycles. The van der Waals surface area contributed by atoms with Gasteiger partial charge in [0.15, 0.2) is 0 Å². The van der Waals surface area contributed by atoms with Gasteiger partial charge in [0.05, 0.1) is 0 Å². The van der Waals surface area contributed by atoms with Crippen LogP contribution in [0, 0.1) is 0 Å². The van der Waals surface area contributed by atoms with Gasteiger partial charge in [0, 0.05) is 13.3 Å². The molecular formula is C22H41NO6. The molecule has 0 aliphatic carbocycles. The number of carbonyl (C=O) groups is 3. The van der Waals surface area contributed by atoms with Crippen molar-refractivity contribution in [3.63, 3.8) is 0 Å². The zero-order valence-corrected chi connectivity index (χ0v) is 18.4. The van der Waals surface area contributed by atoms with Crippen molar-refractivity contribution in [2.45, 2.75) is 103 Å². The second-order valence-corrected chi connectivity index (χ2v) is 7.57. The van der Waals surface area contributed by atoms with E-state index in [1.165, 1.54) is 64.7 Å². The molecule has 1 atom stereocenters. The van der Waals surface area contributed by atoms with Crippen molar-refractivity contribution in [1.29, 1.82) is 0 Å². The smallest absolute Gasteiger partial charge is 0.325 e. The Balaban J connectivity index is 3.42. The van der Waals surface area contributed by atoms with Gasteiger partial charge in [-0.05, 0) is 6.42 Å². The Morgan fingerprint density at radius 2 is 1.21 bits per heavy atom. The highest BCUT2D eigenvalue weighted by atomic mass is 16.6. The number of rotatable bonds is 19. The summed E-state index contributed by atoms with van der Waals surface area (Å²) in [6, 6.07) is 0. The van der Waals surface area contributed by atoms with Crippen LogP contribution in [0.5, 0.6) is 0 Å². The lowest BCUT2D eigenvalue weighted by Crippen LogP contribution is -2.31. The van der Waals surface area contributed by atoms with Crippen LogP contribution in [-0.2, 0) is 23.9 Å². The monoisotopic (exact) mass is 415 g/mol. The number of nitrogens with one attached hydrogen (secondary N) is 1. The number of aliphatic hydroxyl groups excluding tert-OH is 1. The van der Waals surface area contributed by atoms with Crippen molar-refractivity contribution in [3.8, 4) is 0 Å². The summed E-state index contributed by atoms with van der Waals surface area (Å²) in [4.78, 5) is 33.6. The maximum Gasteiger partial charge on any atom is 0.325 e. The zero-order valence-electron chi connectivity index (χ0n) is 18.4. The fourth-order valence-corrected chi connectivity index (χ4v) is 2.86. The number of ether oxygens (including phenoxy) is 2. The lowest BCUT2D eigenvalue weighted by Gasteiger charge is -2.12. The number of esters is 2. The van der Waals surface area contributed by atoms with Crippen LogP contribution in [0.2, 0.25) is 0 Å². The zero-order chi connectivity index (χ0) is 21.7. The molecule has 0 aliphatic rings. The molecule has 0 bridgehead atoms. The molecule has 0 rings (SSSR count). The number of hydrogen-bond donors (Lipinski definition) is 2. The highest BCUT2D eigenvalue weighted by Crippen LogP contribution is 2.12. The van der Waals surface area contributed by atoms with E-state index in [0.29, 0.717) is 6.42 Å². The van der Waals surface area contributed by atoms with Gasteiger partial charge in [-0.25, -0.2) is 0 Å². The number of carbonyl (C=O) groups excluding carboxylic acids is 3. The van der Waals surface area contributed by atoms with Crippen LogP contribution in [0.1, 0.15) is 97.3 Å². The molecule has 29 heavy (non-hydrogen) atoms. The van der Waals surface area contributed by atoms with Gasteiger partial charge >= 0.3 is 11.9 Å². The van der Waals surface area contributed by atoms with Gasteiger partial charge in [0.1, 0.15) is 25.9 Å². The van der Waals surface area contributed by atoms with Crippen molar-refractivity contribution in [3.05, 3.63) is 0 Å². The minimum absolute atomic E-state index is 0.204. The first-order valence-electron chi connectivity index (χ1n) is 11.2. The van der Waals surface area contributed by atoms with Gasteiger partial charge in [-0.1, -0.05) is 77.6 Å². The molecule has 7 heteroatoms. The molecule has 1 unspecified atom stereocenters. The number of aliphatic hydroxyl groups is 1. The van der Waals surface area contributed by atoms with Crippen LogP contribution in [0.3, 0.4) is 0 Å². The molecule has 0 fully saturated rings. The minimum Gasteiger partial charge on any atom is -0.463 e. The molecule has 0 aromatic heterocycles. The van der Waals surface area contributed by atoms with E-state index < -0.39 is 12.1 Å². The highest BCUT2D eigenvalue weighted by molar-refractivity contribution is 5.80. The third-order valence-electron chi connectivity index (χ3n) is 4.59. The third kappa shape index (κ3) is 20.9. The first kappa shape index (κ1) is 27.4. The van der Waals surface area contributed by atoms with E-state index in [4.69, 9.17) is 9.47 Å².